The van der Waals surface area contributed by atoms with E-state index in [2.05, 4.69) is 164 Å². The Balaban J connectivity index is 1.28. The van der Waals surface area contributed by atoms with Gasteiger partial charge in [-0.2, -0.15) is 0 Å². The minimum Gasteiger partial charge on any atom is -0.105 e. The summed E-state index contributed by atoms with van der Waals surface area (Å²) < 4.78 is 0. The van der Waals surface area contributed by atoms with E-state index in [1.54, 1.807) is 0 Å². The zero-order chi connectivity index (χ0) is 29.6. The Morgan fingerprint density at radius 1 is 0.341 bits per heavy atom. The van der Waals surface area contributed by atoms with Crippen LogP contribution in [0.3, 0.4) is 0 Å². The smallest absolute Gasteiger partial charge is 0.00247 e. The van der Waals surface area contributed by atoms with E-state index in [4.69, 9.17) is 0 Å². The van der Waals surface area contributed by atoms with E-state index in [0.29, 0.717) is 0 Å². The predicted octanol–water partition coefficient (Wildman–Crippen LogP) is 10.4. The molecule has 0 aliphatic heterocycles. The van der Waals surface area contributed by atoms with Crippen molar-refractivity contribution in [3.63, 3.8) is 0 Å². The first-order valence-corrected chi connectivity index (χ1v) is 16.4. The molecule has 0 radical (unpaired) electrons. The van der Waals surface area contributed by atoms with Crippen molar-refractivity contribution in [1.29, 1.82) is 0 Å². The number of benzene rings is 8. The molecular weight excluding hydrogens is 566 g/mol. The highest BCUT2D eigenvalue weighted by Gasteiger charge is 2.17. The predicted molar refractivity (Wildman–Crippen MR) is 200 cm³/mol. The number of hydrogen-bond acceptors (Lipinski definition) is 0. The van der Waals surface area contributed by atoms with Crippen molar-refractivity contribution >= 4 is 72.2 Å². The summed E-state index contributed by atoms with van der Waals surface area (Å²) in [6.07, 6.45) is 1.91. The third-order valence-corrected chi connectivity index (χ3v) is 10.5. The summed E-state index contributed by atoms with van der Waals surface area (Å²) in [6.45, 7) is 0. The molecule has 0 spiro atoms. The van der Waals surface area contributed by atoms with Crippen LogP contribution in [0.4, 0.5) is 0 Å². The van der Waals surface area contributed by atoms with E-state index < -0.39 is 0 Å². The van der Waals surface area contributed by atoms with Crippen molar-refractivity contribution in [3.05, 3.63) is 157 Å². The largest absolute Gasteiger partial charge is 0.105 e. The molecule has 2 atom stereocenters. The zero-order valence-corrected chi connectivity index (χ0v) is 26.7. The quantitative estimate of drug-likeness (QED) is 0.173. The van der Waals surface area contributed by atoms with E-state index >= 15 is 0 Å². The molecule has 0 nitrogen and oxygen atoms in total. The van der Waals surface area contributed by atoms with Crippen molar-refractivity contribution in [1.82, 2.24) is 0 Å². The first-order valence-electron chi connectivity index (χ1n) is 15.2. The van der Waals surface area contributed by atoms with Crippen LogP contribution in [0.2, 0.25) is 0 Å². The minimum absolute atomic E-state index is 0.955. The van der Waals surface area contributed by atoms with Crippen LogP contribution in [0.5, 0.6) is 0 Å². The fraction of sp³-hybridized carbons (Fsp3) is 0.0476. The van der Waals surface area contributed by atoms with E-state index in [1.165, 1.54) is 87.1 Å². The normalized spacial score (nSPS) is 11.6. The van der Waals surface area contributed by atoms with Crippen molar-refractivity contribution in [2.45, 2.75) is 12.8 Å². The highest BCUT2D eigenvalue weighted by Crippen LogP contribution is 2.37. The highest BCUT2D eigenvalue weighted by molar-refractivity contribution is 7.28. The molecule has 44 heavy (non-hydrogen) atoms. The fourth-order valence-electron chi connectivity index (χ4n) is 6.99. The SMILES string of the molecule is Pc1c(CCc2cc3ccccc3c(-c3cccc4ccccc34)c2P)cc2ccccc2c1-c1cccc2ccccc12. The molecule has 2 heteroatoms. The molecule has 0 aliphatic rings. The van der Waals surface area contributed by atoms with Crippen LogP contribution >= 0.6 is 18.5 Å². The van der Waals surface area contributed by atoms with Gasteiger partial charge in [-0.25, -0.2) is 0 Å². The second-order valence-electron chi connectivity index (χ2n) is 11.6. The summed E-state index contributed by atoms with van der Waals surface area (Å²) in [7, 11) is 6.25. The fourth-order valence-corrected chi connectivity index (χ4v) is 8.07. The van der Waals surface area contributed by atoms with Gasteiger partial charge in [0.25, 0.3) is 0 Å². The monoisotopic (exact) mass is 598 g/mol. The second-order valence-corrected chi connectivity index (χ2v) is 12.8. The second kappa shape index (κ2) is 11.3. The molecule has 8 aromatic rings. The van der Waals surface area contributed by atoms with Crippen molar-refractivity contribution in [2.24, 2.45) is 0 Å². The Hall–Kier alpha value is -4.34. The van der Waals surface area contributed by atoms with Gasteiger partial charge < -0.3 is 0 Å². The summed E-state index contributed by atoms with van der Waals surface area (Å²) in [5, 5.41) is 12.9. The maximum atomic E-state index is 3.13. The minimum atomic E-state index is 0.955. The lowest BCUT2D eigenvalue weighted by atomic mass is 9.89. The van der Waals surface area contributed by atoms with Crippen molar-refractivity contribution in [3.8, 4) is 22.3 Å². The summed E-state index contributed by atoms with van der Waals surface area (Å²) in [5.41, 5.74) is 7.98. The molecule has 0 saturated carbocycles. The summed E-state index contributed by atoms with van der Waals surface area (Å²) >= 11 is 0. The molecule has 0 aromatic heterocycles. The molecule has 0 N–H and O–H groups in total. The van der Waals surface area contributed by atoms with E-state index in [1.807, 2.05) is 0 Å². The Labute approximate surface area is 263 Å². The van der Waals surface area contributed by atoms with Gasteiger partial charge in [0.05, 0.1) is 0 Å². The van der Waals surface area contributed by atoms with E-state index in [-0.39, 0.29) is 0 Å². The molecule has 0 saturated heterocycles. The molecule has 8 rings (SSSR count). The Bertz CT molecular complexity index is 2190. The lowest BCUT2D eigenvalue weighted by Gasteiger charge is -2.19. The molecule has 8 aromatic carbocycles. The topological polar surface area (TPSA) is 0 Å². The molecule has 0 fully saturated rings. The standard InChI is InChI=1S/C42H32P2/c43-41-31(25-29-13-3-7-19-35(29)39(41)37-21-9-15-27-11-1-5-17-33(27)37)23-24-32-26-30-14-4-8-20-36(30)40(42(32)44)38-22-10-16-28-12-2-6-18-34(28)38/h1-22,25-26H,23-24,43-44H2. The van der Waals surface area contributed by atoms with E-state index in [0.717, 1.165) is 12.8 Å². The zero-order valence-electron chi connectivity index (χ0n) is 24.4. The van der Waals surface area contributed by atoms with Crippen LogP contribution in [0, 0.1) is 0 Å². The van der Waals surface area contributed by atoms with Gasteiger partial charge in [0.1, 0.15) is 0 Å². The van der Waals surface area contributed by atoms with Crippen LogP contribution in [0.25, 0.3) is 65.3 Å². The molecule has 0 amide bonds. The third kappa shape index (κ3) is 4.62. The van der Waals surface area contributed by atoms with Gasteiger partial charge in [-0.05, 0) is 99.9 Å². The molecule has 210 valence electrons. The van der Waals surface area contributed by atoms with Gasteiger partial charge >= 0.3 is 0 Å². The Kier molecular flexibility index (Phi) is 6.99. The van der Waals surface area contributed by atoms with Crippen molar-refractivity contribution in [2.75, 3.05) is 0 Å². The van der Waals surface area contributed by atoms with Gasteiger partial charge in [-0.1, -0.05) is 146 Å². The highest BCUT2D eigenvalue weighted by atomic mass is 31.0. The summed E-state index contributed by atoms with van der Waals surface area (Å²) in [4.78, 5) is 0. The number of aryl methyl sites for hydroxylation is 2. The van der Waals surface area contributed by atoms with Crippen LogP contribution in [-0.4, -0.2) is 0 Å². The number of fused-ring (bicyclic) bond motifs is 4. The van der Waals surface area contributed by atoms with Crippen LogP contribution in [-0.2, 0) is 12.8 Å². The summed E-state index contributed by atoms with van der Waals surface area (Å²) in [6, 6.07) is 53.3. The van der Waals surface area contributed by atoms with Gasteiger partial charge in [0, 0.05) is 0 Å². The molecular formula is C42H32P2. The van der Waals surface area contributed by atoms with Crippen LogP contribution < -0.4 is 10.6 Å². The molecule has 0 bridgehead atoms. The Morgan fingerprint density at radius 2 is 0.682 bits per heavy atom. The van der Waals surface area contributed by atoms with Gasteiger partial charge in [-0.3, -0.25) is 0 Å². The van der Waals surface area contributed by atoms with Crippen LogP contribution in [0.15, 0.2) is 146 Å². The van der Waals surface area contributed by atoms with Gasteiger partial charge in [0.2, 0.25) is 0 Å². The Morgan fingerprint density at radius 3 is 1.11 bits per heavy atom. The van der Waals surface area contributed by atoms with Crippen LogP contribution in [0.1, 0.15) is 11.1 Å². The van der Waals surface area contributed by atoms with Gasteiger partial charge in [-0.15, -0.1) is 18.5 Å². The average molecular weight is 599 g/mol. The van der Waals surface area contributed by atoms with Gasteiger partial charge in [0.15, 0.2) is 0 Å². The maximum Gasteiger partial charge on any atom is -0.00247 e. The molecule has 0 aliphatic carbocycles. The first kappa shape index (κ1) is 27.2. The molecule has 0 heterocycles. The lowest BCUT2D eigenvalue weighted by Crippen LogP contribution is -2.12. The lowest BCUT2D eigenvalue weighted by molar-refractivity contribution is 0.978. The third-order valence-electron chi connectivity index (χ3n) is 9.13. The number of rotatable bonds is 5. The van der Waals surface area contributed by atoms with Crippen molar-refractivity contribution < 1.29 is 0 Å². The van der Waals surface area contributed by atoms with E-state index in [9.17, 15) is 0 Å². The molecule has 2 unspecified atom stereocenters. The summed E-state index contributed by atoms with van der Waals surface area (Å²) in [5.74, 6) is 0. The first-order chi connectivity index (χ1) is 21.7. The average Bonchev–Trinajstić information content (AvgIpc) is 3.07. The number of hydrogen-bond donors (Lipinski definition) is 0. The maximum absolute atomic E-state index is 3.13.